The van der Waals surface area contributed by atoms with Crippen LogP contribution in [0.2, 0.25) is 0 Å². The fourth-order valence-corrected chi connectivity index (χ4v) is 2.56. The predicted molar refractivity (Wildman–Crippen MR) is 83.1 cm³/mol. The molecule has 0 bridgehead atoms. The van der Waals surface area contributed by atoms with Crippen LogP contribution in [-0.4, -0.2) is 26.3 Å². The summed E-state index contributed by atoms with van der Waals surface area (Å²) in [5.74, 6) is 0. The molecule has 1 aliphatic rings. The van der Waals surface area contributed by atoms with Gasteiger partial charge in [0.2, 0.25) is 0 Å². The van der Waals surface area contributed by atoms with E-state index in [0.29, 0.717) is 0 Å². The second kappa shape index (κ2) is 5.97. The van der Waals surface area contributed by atoms with Crippen LogP contribution < -0.4 is 10.6 Å². The van der Waals surface area contributed by atoms with Gasteiger partial charge in [0.25, 0.3) is 0 Å². The number of rotatable bonds is 3. The SMILES string of the molecule is Nc1ccccc1Cc1ccc(N2CCOCC2)cc1. The van der Waals surface area contributed by atoms with Crippen molar-refractivity contribution in [3.63, 3.8) is 0 Å². The van der Waals surface area contributed by atoms with Gasteiger partial charge in [-0.1, -0.05) is 30.3 Å². The summed E-state index contributed by atoms with van der Waals surface area (Å²) >= 11 is 0. The van der Waals surface area contributed by atoms with E-state index in [-0.39, 0.29) is 0 Å². The molecule has 0 aliphatic carbocycles. The number of nitrogens with zero attached hydrogens (tertiary/aromatic N) is 1. The van der Waals surface area contributed by atoms with Crippen molar-refractivity contribution in [1.29, 1.82) is 0 Å². The molecule has 20 heavy (non-hydrogen) atoms. The summed E-state index contributed by atoms with van der Waals surface area (Å²) in [4.78, 5) is 2.37. The molecule has 0 aromatic heterocycles. The number of hydrogen-bond donors (Lipinski definition) is 1. The molecule has 3 heteroatoms. The normalized spacial score (nSPS) is 15.3. The molecule has 3 nitrogen and oxygen atoms in total. The number of para-hydroxylation sites is 1. The molecule has 2 N–H and O–H groups in total. The molecule has 0 radical (unpaired) electrons. The van der Waals surface area contributed by atoms with Crippen LogP contribution in [-0.2, 0) is 11.2 Å². The van der Waals surface area contributed by atoms with Crippen LogP contribution in [0, 0.1) is 0 Å². The minimum Gasteiger partial charge on any atom is -0.398 e. The quantitative estimate of drug-likeness (QED) is 0.870. The number of morpholine rings is 1. The van der Waals surface area contributed by atoms with Crippen LogP contribution in [0.15, 0.2) is 48.5 Å². The lowest BCUT2D eigenvalue weighted by Gasteiger charge is -2.28. The van der Waals surface area contributed by atoms with E-state index in [4.69, 9.17) is 10.5 Å². The lowest BCUT2D eigenvalue weighted by atomic mass is 10.0. The van der Waals surface area contributed by atoms with E-state index in [0.717, 1.165) is 38.4 Å². The Balaban J connectivity index is 1.71. The lowest BCUT2D eigenvalue weighted by Crippen LogP contribution is -2.36. The third kappa shape index (κ3) is 2.94. The zero-order chi connectivity index (χ0) is 13.8. The van der Waals surface area contributed by atoms with Crippen LogP contribution in [0.1, 0.15) is 11.1 Å². The highest BCUT2D eigenvalue weighted by atomic mass is 16.5. The van der Waals surface area contributed by atoms with Crippen LogP contribution >= 0.6 is 0 Å². The number of hydrogen-bond acceptors (Lipinski definition) is 3. The first-order valence-corrected chi connectivity index (χ1v) is 7.08. The van der Waals surface area contributed by atoms with Crippen molar-refractivity contribution in [2.75, 3.05) is 36.9 Å². The van der Waals surface area contributed by atoms with E-state index in [1.165, 1.54) is 16.8 Å². The summed E-state index contributed by atoms with van der Waals surface area (Å²) in [6.45, 7) is 3.60. The summed E-state index contributed by atoms with van der Waals surface area (Å²) < 4.78 is 5.38. The zero-order valence-corrected chi connectivity index (χ0v) is 11.6. The highest BCUT2D eigenvalue weighted by molar-refractivity contribution is 5.51. The second-order valence-corrected chi connectivity index (χ2v) is 5.14. The van der Waals surface area contributed by atoms with Gasteiger partial charge in [0.05, 0.1) is 13.2 Å². The van der Waals surface area contributed by atoms with Crippen LogP contribution in [0.3, 0.4) is 0 Å². The molecule has 1 saturated heterocycles. The lowest BCUT2D eigenvalue weighted by molar-refractivity contribution is 0.122. The number of benzene rings is 2. The van der Waals surface area contributed by atoms with Gasteiger partial charge in [-0.2, -0.15) is 0 Å². The van der Waals surface area contributed by atoms with E-state index in [1.54, 1.807) is 0 Å². The summed E-state index contributed by atoms with van der Waals surface area (Å²) in [7, 11) is 0. The molecule has 2 aromatic rings. The van der Waals surface area contributed by atoms with Gasteiger partial charge < -0.3 is 15.4 Å². The highest BCUT2D eigenvalue weighted by Gasteiger charge is 2.10. The number of nitrogens with two attached hydrogens (primary N) is 1. The van der Waals surface area contributed by atoms with Crippen molar-refractivity contribution in [2.45, 2.75) is 6.42 Å². The Morgan fingerprint density at radius 1 is 0.950 bits per heavy atom. The van der Waals surface area contributed by atoms with E-state index in [9.17, 15) is 0 Å². The summed E-state index contributed by atoms with van der Waals surface area (Å²) in [6.07, 6.45) is 0.885. The van der Waals surface area contributed by atoms with Gasteiger partial charge in [-0.3, -0.25) is 0 Å². The van der Waals surface area contributed by atoms with Gasteiger partial charge >= 0.3 is 0 Å². The minimum absolute atomic E-state index is 0.822. The molecular formula is C17H20N2O. The number of ether oxygens (including phenoxy) is 1. The van der Waals surface area contributed by atoms with Gasteiger partial charge in [0, 0.05) is 24.5 Å². The molecule has 3 rings (SSSR count). The predicted octanol–water partition coefficient (Wildman–Crippen LogP) is 2.70. The molecule has 0 atom stereocenters. The van der Waals surface area contributed by atoms with Crippen molar-refractivity contribution in [3.05, 3.63) is 59.7 Å². The third-order valence-electron chi connectivity index (χ3n) is 3.76. The largest absolute Gasteiger partial charge is 0.398 e. The Kier molecular flexibility index (Phi) is 3.88. The maximum atomic E-state index is 5.99. The molecule has 1 fully saturated rings. The first-order valence-electron chi connectivity index (χ1n) is 7.08. The average molecular weight is 268 g/mol. The fraction of sp³-hybridized carbons (Fsp3) is 0.294. The first-order chi connectivity index (χ1) is 9.83. The topological polar surface area (TPSA) is 38.5 Å². The standard InChI is InChI=1S/C17H20N2O/c18-17-4-2-1-3-15(17)13-14-5-7-16(8-6-14)19-9-11-20-12-10-19/h1-8H,9-13,18H2. The molecule has 0 saturated carbocycles. The highest BCUT2D eigenvalue weighted by Crippen LogP contribution is 2.20. The molecule has 0 spiro atoms. The Morgan fingerprint density at radius 3 is 2.35 bits per heavy atom. The molecule has 1 aliphatic heterocycles. The van der Waals surface area contributed by atoms with Crippen LogP contribution in [0.4, 0.5) is 11.4 Å². The van der Waals surface area contributed by atoms with E-state index in [2.05, 4.69) is 35.2 Å². The van der Waals surface area contributed by atoms with Crippen LogP contribution in [0.25, 0.3) is 0 Å². The zero-order valence-electron chi connectivity index (χ0n) is 11.6. The Labute approximate surface area is 120 Å². The number of nitrogen functional groups attached to an aromatic ring is 1. The maximum absolute atomic E-state index is 5.99. The Morgan fingerprint density at radius 2 is 1.65 bits per heavy atom. The fourth-order valence-electron chi connectivity index (χ4n) is 2.56. The van der Waals surface area contributed by atoms with Crippen molar-refractivity contribution in [3.8, 4) is 0 Å². The third-order valence-corrected chi connectivity index (χ3v) is 3.76. The molecule has 0 amide bonds. The molecular weight excluding hydrogens is 248 g/mol. The van der Waals surface area contributed by atoms with Crippen molar-refractivity contribution >= 4 is 11.4 Å². The Hall–Kier alpha value is -2.00. The summed E-state index contributed by atoms with van der Waals surface area (Å²) in [6, 6.07) is 16.8. The summed E-state index contributed by atoms with van der Waals surface area (Å²) in [5.41, 5.74) is 10.6. The van der Waals surface area contributed by atoms with Crippen molar-refractivity contribution < 1.29 is 4.74 Å². The van der Waals surface area contributed by atoms with E-state index in [1.807, 2.05) is 18.2 Å². The average Bonchev–Trinajstić information content (AvgIpc) is 2.51. The Bertz CT molecular complexity index is 559. The first kappa shape index (κ1) is 13.0. The van der Waals surface area contributed by atoms with E-state index >= 15 is 0 Å². The molecule has 0 unspecified atom stereocenters. The minimum atomic E-state index is 0.822. The van der Waals surface area contributed by atoms with Crippen molar-refractivity contribution in [1.82, 2.24) is 0 Å². The summed E-state index contributed by atoms with van der Waals surface area (Å²) in [5, 5.41) is 0. The molecule has 104 valence electrons. The monoisotopic (exact) mass is 268 g/mol. The maximum Gasteiger partial charge on any atom is 0.0642 e. The van der Waals surface area contributed by atoms with Gasteiger partial charge in [-0.15, -0.1) is 0 Å². The van der Waals surface area contributed by atoms with Crippen LogP contribution in [0.5, 0.6) is 0 Å². The second-order valence-electron chi connectivity index (χ2n) is 5.14. The number of anilines is 2. The van der Waals surface area contributed by atoms with Crippen molar-refractivity contribution in [2.24, 2.45) is 0 Å². The van der Waals surface area contributed by atoms with Gasteiger partial charge in [-0.25, -0.2) is 0 Å². The molecule has 2 aromatic carbocycles. The molecule has 1 heterocycles. The smallest absolute Gasteiger partial charge is 0.0642 e. The van der Waals surface area contributed by atoms with Gasteiger partial charge in [0.15, 0.2) is 0 Å². The van der Waals surface area contributed by atoms with Gasteiger partial charge in [-0.05, 0) is 35.7 Å². The van der Waals surface area contributed by atoms with Gasteiger partial charge in [0.1, 0.15) is 0 Å². The van der Waals surface area contributed by atoms with E-state index < -0.39 is 0 Å².